The van der Waals surface area contributed by atoms with Crippen LogP contribution in [0.5, 0.6) is 0 Å². The highest BCUT2D eigenvalue weighted by atomic mass is 16.2. The Bertz CT molecular complexity index is 282. The van der Waals surface area contributed by atoms with Crippen LogP contribution in [0, 0.1) is 5.41 Å². The first-order chi connectivity index (χ1) is 8.05. The van der Waals surface area contributed by atoms with Crippen LogP contribution in [0.1, 0.15) is 58.8 Å². The molecule has 1 rings (SSSR count). The van der Waals surface area contributed by atoms with Crippen LogP contribution in [0.25, 0.3) is 0 Å². The van der Waals surface area contributed by atoms with Crippen molar-refractivity contribution in [3.05, 3.63) is 0 Å². The van der Waals surface area contributed by atoms with Crippen LogP contribution in [-0.2, 0) is 9.59 Å². The molecule has 0 spiro atoms. The van der Waals surface area contributed by atoms with E-state index in [4.69, 9.17) is 0 Å². The Hall–Kier alpha value is -0.860. The van der Waals surface area contributed by atoms with E-state index in [0.29, 0.717) is 25.2 Å². The largest absolute Gasteiger partial charge is 0.345 e. The molecule has 1 amide bonds. The molecule has 0 aromatic carbocycles. The molecule has 1 heterocycles. The van der Waals surface area contributed by atoms with Gasteiger partial charge in [0, 0.05) is 31.8 Å². The number of carbonyl (C=O) groups is 2. The van der Waals surface area contributed by atoms with Gasteiger partial charge in [-0.05, 0) is 25.7 Å². The Morgan fingerprint density at radius 2 is 1.76 bits per heavy atom. The third-order valence-corrected chi connectivity index (χ3v) is 4.24. The van der Waals surface area contributed by atoms with Crippen molar-refractivity contribution in [2.75, 3.05) is 13.6 Å². The third-order valence-electron chi connectivity index (χ3n) is 4.24. The third kappa shape index (κ3) is 3.30. The number of carbonyl (C=O) groups excluding carboxylic acids is 2. The Morgan fingerprint density at radius 3 is 2.35 bits per heavy atom. The highest BCUT2D eigenvalue weighted by molar-refractivity contribution is 5.84. The molecule has 0 aromatic heterocycles. The summed E-state index contributed by atoms with van der Waals surface area (Å²) in [6.07, 6.45) is 5.87. The van der Waals surface area contributed by atoms with Crippen molar-refractivity contribution in [3.63, 3.8) is 0 Å². The van der Waals surface area contributed by atoms with Crippen LogP contribution in [-0.4, -0.2) is 30.2 Å². The predicted molar refractivity (Wildman–Crippen MR) is 68.7 cm³/mol. The number of rotatable bonds is 2. The van der Waals surface area contributed by atoms with Crippen molar-refractivity contribution in [1.29, 1.82) is 0 Å². The van der Waals surface area contributed by atoms with Crippen LogP contribution in [0.2, 0.25) is 0 Å². The molecule has 0 unspecified atom stereocenters. The standard InChI is InChI=1S/C14H25NO2/c1-4-14(5-2)10-7-6-8-12(16)9-11-15(3)13(14)17/h4-11H2,1-3H3. The maximum atomic E-state index is 12.5. The predicted octanol–water partition coefficient (Wildman–Crippen LogP) is 2.78. The number of hydrogen-bond acceptors (Lipinski definition) is 2. The van der Waals surface area contributed by atoms with Crippen molar-refractivity contribution in [2.24, 2.45) is 5.41 Å². The lowest BCUT2D eigenvalue weighted by Gasteiger charge is -2.35. The summed E-state index contributed by atoms with van der Waals surface area (Å²) in [4.78, 5) is 25.7. The quantitative estimate of drug-likeness (QED) is 0.743. The number of ketones is 1. The Kier molecular flexibility index (Phi) is 5.16. The Morgan fingerprint density at radius 1 is 1.12 bits per heavy atom. The van der Waals surface area contributed by atoms with Crippen molar-refractivity contribution in [2.45, 2.75) is 58.8 Å². The van der Waals surface area contributed by atoms with Crippen LogP contribution in [0.3, 0.4) is 0 Å². The van der Waals surface area contributed by atoms with Crippen LogP contribution >= 0.6 is 0 Å². The molecule has 0 bridgehead atoms. The van der Waals surface area contributed by atoms with Crippen LogP contribution < -0.4 is 0 Å². The van der Waals surface area contributed by atoms with E-state index in [0.717, 1.165) is 32.1 Å². The monoisotopic (exact) mass is 239 g/mol. The summed E-state index contributed by atoms with van der Waals surface area (Å²) >= 11 is 0. The molecule has 0 aromatic rings. The minimum Gasteiger partial charge on any atom is -0.345 e. The average molecular weight is 239 g/mol. The first-order valence-electron chi connectivity index (χ1n) is 6.83. The highest BCUT2D eigenvalue weighted by Crippen LogP contribution is 2.35. The maximum Gasteiger partial charge on any atom is 0.228 e. The van der Waals surface area contributed by atoms with Gasteiger partial charge in [-0.15, -0.1) is 0 Å². The maximum absolute atomic E-state index is 12.5. The van der Waals surface area contributed by atoms with Gasteiger partial charge in [-0.1, -0.05) is 20.3 Å². The van der Waals surface area contributed by atoms with E-state index in [-0.39, 0.29) is 11.3 Å². The fraction of sp³-hybridized carbons (Fsp3) is 0.857. The van der Waals surface area contributed by atoms with Crippen molar-refractivity contribution in [1.82, 2.24) is 4.90 Å². The van der Waals surface area contributed by atoms with Gasteiger partial charge in [0.05, 0.1) is 0 Å². The molecular weight excluding hydrogens is 214 g/mol. The zero-order chi connectivity index (χ0) is 12.9. The van der Waals surface area contributed by atoms with Crippen LogP contribution in [0.4, 0.5) is 0 Å². The molecule has 0 N–H and O–H groups in total. The van der Waals surface area contributed by atoms with E-state index < -0.39 is 0 Å². The first kappa shape index (κ1) is 14.2. The minimum absolute atomic E-state index is 0.185. The van der Waals surface area contributed by atoms with Gasteiger partial charge in [-0.3, -0.25) is 9.59 Å². The number of nitrogens with zero attached hydrogens (tertiary/aromatic N) is 1. The molecule has 3 nitrogen and oxygen atoms in total. The van der Waals surface area contributed by atoms with Crippen molar-refractivity contribution >= 4 is 11.7 Å². The second-order valence-electron chi connectivity index (χ2n) is 5.21. The normalized spacial score (nSPS) is 22.6. The summed E-state index contributed by atoms with van der Waals surface area (Å²) in [6.45, 7) is 4.79. The molecule has 17 heavy (non-hydrogen) atoms. The van der Waals surface area contributed by atoms with E-state index in [9.17, 15) is 9.59 Å². The van der Waals surface area contributed by atoms with Gasteiger partial charge < -0.3 is 4.90 Å². The molecular formula is C14H25NO2. The second kappa shape index (κ2) is 6.18. The fourth-order valence-electron chi connectivity index (χ4n) is 2.72. The van der Waals surface area contributed by atoms with Gasteiger partial charge in [0.25, 0.3) is 0 Å². The molecule has 0 atom stereocenters. The average Bonchev–Trinajstić information content (AvgIpc) is 2.35. The van der Waals surface area contributed by atoms with Crippen molar-refractivity contribution in [3.8, 4) is 0 Å². The van der Waals surface area contributed by atoms with Gasteiger partial charge in [-0.25, -0.2) is 0 Å². The lowest BCUT2D eigenvalue weighted by atomic mass is 9.76. The molecule has 3 heteroatoms. The number of hydrogen-bond donors (Lipinski definition) is 0. The van der Waals surface area contributed by atoms with E-state index in [1.807, 2.05) is 7.05 Å². The molecule has 1 aliphatic rings. The van der Waals surface area contributed by atoms with E-state index in [1.54, 1.807) is 4.90 Å². The topological polar surface area (TPSA) is 37.4 Å². The fourth-order valence-corrected chi connectivity index (χ4v) is 2.72. The highest BCUT2D eigenvalue weighted by Gasteiger charge is 2.36. The van der Waals surface area contributed by atoms with Gasteiger partial charge in [0.2, 0.25) is 5.91 Å². The number of amides is 1. The zero-order valence-corrected chi connectivity index (χ0v) is 11.4. The lowest BCUT2D eigenvalue weighted by molar-refractivity contribution is -0.142. The van der Waals surface area contributed by atoms with E-state index in [2.05, 4.69) is 13.8 Å². The first-order valence-corrected chi connectivity index (χ1v) is 6.83. The van der Waals surface area contributed by atoms with Gasteiger partial charge in [0.15, 0.2) is 0 Å². The summed E-state index contributed by atoms with van der Waals surface area (Å²) in [5.74, 6) is 0.530. The molecule has 1 aliphatic heterocycles. The lowest BCUT2D eigenvalue weighted by Crippen LogP contribution is -2.42. The Balaban J connectivity index is 2.83. The smallest absolute Gasteiger partial charge is 0.228 e. The zero-order valence-electron chi connectivity index (χ0n) is 11.4. The summed E-state index contributed by atoms with van der Waals surface area (Å²) in [7, 11) is 1.83. The Labute approximate surface area is 105 Å². The minimum atomic E-state index is -0.185. The van der Waals surface area contributed by atoms with E-state index in [1.165, 1.54) is 0 Å². The SMILES string of the molecule is CCC1(CC)CCCCC(=O)CCN(C)C1=O. The van der Waals surface area contributed by atoms with Gasteiger partial charge in [0.1, 0.15) is 5.78 Å². The molecule has 0 saturated carbocycles. The van der Waals surface area contributed by atoms with Crippen molar-refractivity contribution < 1.29 is 9.59 Å². The van der Waals surface area contributed by atoms with E-state index >= 15 is 0 Å². The van der Waals surface area contributed by atoms with Crippen LogP contribution in [0.15, 0.2) is 0 Å². The number of Topliss-reactive ketones (excluding diaryl/α,β-unsaturated/α-hetero) is 1. The summed E-state index contributed by atoms with van der Waals surface area (Å²) in [6, 6.07) is 0. The summed E-state index contributed by atoms with van der Waals surface area (Å²) < 4.78 is 0. The van der Waals surface area contributed by atoms with Gasteiger partial charge >= 0.3 is 0 Å². The molecule has 1 saturated heterocycles. The summed E-state index contributed by atoms with van der Waals surface area (Å²) in [5, 5.41) is 0. The second-order valence-corrected chi connectivity index (χ2v) is 5.21. The molecule has 1 fully saturated rings. The molecule has 98 valence electrons. The molecule has 0 aliphatic carbocycles. The van der Waals surface area contributed by atoms with Gasteiger partial charge in [-0.2, -0.15) is 0 Å². The molecule has 0 radical (unpaired) electrons. The summed E-state index contributed by atoms with van der Waals surface area (Å²) in [5.41, 5.74) is -0.185.